The number of carboxylic acids is 2. The number of carbonyl (C=O) groups excluding carboxylic acids is 2. The normalized spacial score (nSPS) is 12.2. The highest BCUT2D eigenvalue weighted by Crippen LogP contribution is 2.24. The molecule has 0 aliphatic rings. The van der Waals surface area contributed by atoms with Crippen molar-refractivity contribution in [1.82, 2.24) is 5.32 Å². The number of hydrogen-bond acceptors (Lipinski definition) is 4. The van der Waals surface area contributed by atoms with Gasteiger partial charge in [-0.05, 0) is 37.0 Å². The van der Waals surface area contributed by atoms with Gasteiger partial charge in [0.05, 0.1) is 0 Å². The average Bonchev–Trinajstić information content (AvgIpc) is 2.56. The van der Waals surface area contributed by atoms with E-state index >= 15 is 0 Å². The molecular weight excluding hydrogens is 373 g/mol. The fourth-order valence-electron chi connectivity index (χ4n) is 1.96. The van der Waals surface area contributed by atoms with Crippen LogP contribution in [-0.2, 0) is 20.8 Å². The Morgan fingerprint density at radius 3 is 2.24 bits per heavy atom. The summed E-state index contributed by atoms with van der Waals surface area (Å²) in [5.74, 6) is -3.07. The van der Waals surface area contributed by atoms with Gasteiger partial charge in [0.25, 0.3) is 5.91 Å². The van der Waals surface area contributed by atoms with E-state index in [0.29, 0.717) is 12.7 Å². The Kier molecular flexibility index (Phi) is 7.86. The summed E-state index contributed by atoms with van der Waals surface area (Å²) in [5, 5.41) is 19.9. The van der Waals surface area contributed by atoms with Crippen molar-refractivity contribution in [3.8, 4) is 0 Å². The van der Waals surface area contributed by atoms with Crippen LogP contribution < -0.4 is 5.32 Å². The Morgan fingerprint density at radius 2 is 1.76 bits per heavy atom. The molecule has 0 unspecified atom stereocenters. The highest BCUT2D eigenvalue weighted by atomic mass is 35.5. The molecular formula is C16H17Cl2NO6. The number of rotatable bonds is 10. The molecule has 0 aliphatic heterocycles. The molecule has 0 spiro atoms. The van der Waals surface area contributed by atoms with Crippen molar-refractivity contribution in [3.05, 3.63) is 35.4 Å². The summed E-state index contributed by atoms with van der Waals surface area (Å²) >= 11 is 11.5. The number of alkyl halides is 2. The van der Waals surface area contributed by atoms with Gasteiger partial charge < -0.3 is 20.3 Å². The first-order chi connectivity index (χ1) is 11.6. The number of carbonyl (C=O) groups is 4. The van der Waals surface area contributed by atoms with Crippen LogP contribution in [0.25, 0.3) is 0 Å². The van der Waals surface area contributed by atoms with Crippen LogP contribution in [0.3, 0.4) is 0 Å². The lowest BCUT2D eigenvalue weighted by Gasteiger charge is -2.14. The molecule has 0 aromatic heterocycles. The monoisotopic (exact) mass is 389 g/mol. The molecule has 0 saturated carbocycles. The van der Waals surface area contributed by atoms with Crippen LogP contribution in [0.5, 0.6) is 0 Å². The van der Waals surface area contributed by atoms with Crippen LogP contribution in [0.4, 0.5) is 0 Å². The van der Waals surface area contributed by atoms with E-state index in [2.05, 4.69) is 5.32 Å². The van der Waals surface area contributed by atoms with Crippen molar-refractivity contribution in [2.24, 2.45) is 0 Å². The zero-order valence-electron chi connectivity index (χ0n) is 13.1. The Hall–Kier alpha value is -2.12. The molecule has 1 rings (SSSR count). The van der Waals surface area contributed by atoms with Crippen LogP contribution in [0.2, 0.25) is 0 Å². The van der Waals surface area contributed by atoms with Gasteiger partial charge in [0.2, 0.25) is 0 Å². The third kappa shape index (κ3) is 7.53. The summed E-state index contributed by atoms with van der Waals surface area (Å²) in [6.07, 6.45) is 0.492. The van der Waals surface area contributed by atoms with Gasteiger partial charge in [-0.3, -0.25) is 9.59 Å². The molecule has 3 N–H and O–H groups in total. The van der Waals surface area contributed by atoms with Gasteiger partial charge in [-0.1, -0.05) is 35.3 Å². The maximum atomic E-state index is 12.1. The van der Waals surface area contributed by atoms with E-state index < -0.39 is 28.2 Å². The number of hydrogen-bond donors (Lipinski definition) is 3. The fraction of sp³-hybridized carbons (Fsp3) is 0.375. The zero-order chi connectivity index (χ0) is 19.0. The number of aldehydes is 1. The van der Waals surface area contributed by atoms with Gasteiger partial charge in [-0.25, -0.2) is 4.79 Å². The SMILES string of the molecule is O=CC(Cl)(Cl)CCc1ccc(C(=O)N[C@@H](CCC(=O)O)C(=O)O)cc1. The third-order valence-electron chi connectivity index (χ3n) is 3.39. The smallest absolute Gasteiger partial charge is 0.326 e. The number of halogens is 2. The van der Waals surface area contributed by atoms with Gasteiger partial charge >= 0.3 is 11.9 Å². The Labute approximate surface area is 153 Å². The largest absolute Gasteiger partial charge is 0.481 e. The van der Waals surface area contributed by atoms with E-state index in [1.54, 1.807) is 12.1 Å². The standard InChI is InChI=1S/C16H17Cl2NO6/c17-16(18,9-20)8-7-10-1-3-11(4-2-10)14(23)19-12(15(24)25)5-6-13(21)22/h1-4,9,12H,5-8H2,(H,19,23)(H,21,22)(H,24,25)/t12-/m0/s1. The first-order valence-electron chi connectivity index (χ1n) is 7.33. The van der Waals surface area contributed by atoms with Gasteiger partial charge in [0.1, 0.15) is 6.04 Å². The number of aryl methyl sites for hydroxylation is 1. The summed E-state index contributed by atoms with van der Waals surface area (Å²) in [4.78, 5) is 44.3. The molecule has 1 aromatic rings. The second kappa shape index (κ2) is 9.39. The predicted molar refractivity (Wildman–Crippen MR) is 91.0 cm³/mol. The Balaban J connectivity index is 2.67. The molecule has 1 amide bonds. The quantitative estimate of drug-likeness (QED) is 0.415. The van der Waals surface area contributed by atoms with Gasteiger partial charge in [0, 0.05) is 12.0 Å². The van der Waals surface area contributed by atoms with E-state index in [9.17, 15) is 19.2 Å². The maximum Gasteiger partial charge on any atom is 0.326 e. The van der Waals surface area contributed by atoms with Gasteiger partial charge in [-0.2, -0.15) is 0 Å². The lowest BCUT2D eigenvalue weighted by atomic mass is 10.0. The van der Waals surface area contributed by atoms with Crippen molar-refractivity contribution in [3.63, 3.8) is 0 Å². The van der Waals surface area contributed by atoms with Crippen LogP contribution in [0.15, 0.2) is 24.3 Å². The molecule has 1 aromatic carbocycles. The molecule has 0 fully saturated rings. The zero-order valence-corrected chi connectivity index (χ0v) is 14.6. The number of carboxylic acid groups (broad SMARTS) is 2. The molecule has 25 heavy (non-hydrogen) atoms. The second-order valence-corrected chi connectivity index (χ2v) is 6.91. The van der Waals surface area contributed by atoms with E-state index in [1.165, 1.54) is 12.1 Å². The van der Waals surface area contributed by atoms with Crippen molar-refractivity contribution in [2.45, 2.75) is 36.1 Å². The van der Waals surface area contributed by atoms with Crippen molar-refractivity contribution >= 4 is 47.3 Å². The average molecular weight is 390 g/mol. The predicted octanol–water partition coefficient (Wildman–Crippen LogP) is 2.04. The van der Waals surface area contributed by atoms with E-state index in [-0.39, 0.29) is 24.8 Å². The number of benzene rings is 1. The minimum atomic E-state index is -1.46. The molecule has 0 saturated heterocycles. The minimum Gasteiger partial charge on any atom is -0.481 e. The van der Waals surface area contributed by atoms with Gasteiger partial charge in [-0.15, -0.1) is 0 Å². The van der Waals surface area contributed by atoms with Crippen molar-refractivity contribution in [2.75, 3.05) is 0 Å². The van der Waals surface area contributed by atoms with Crippen LogP contribution >= 0.6 is 23.2 Å². The molecule has 9 heteroatoms. The van der Waals surface area contributed by atoms with E-state index in [0.717, 1.165) is 5.56 Å². The highest BCUT2D eigenvalue weighted by molar-refractivity contribution is 6.55. The lowest BCUT2D eigenvalue weighted by molar-refractivity contribution is -0.140. The topological polar surface area (TPSA) is 121 Å². The van der Waals surface area contributed by atoms with E-state index in [4.69, 9.17) is 33.4 Å². The summed E-state index contributed by atoms with van der Waals surface area (Å²) in [7, 11) is 0. The summed E-state index contributed by atoms with van der Waals surface area (Å²) in [6.45, 7) is 0. The summed E-state index contributed by atoms with van der Waals surface area (Å²) < 4.78 is -1.46. The molecule has 0 heterocycles. The number of nitrogens with one attached hydrogen (secondary N) is 1. The van der Waals surface area contributed by atoms with Crippen LogP contribution in [0, 0.1) is 0 Å². The van der Waals surface area contributed by atoms with Crippen LogP contribution in [0.1, 0.15) is 35.2 Å². The fourth-order valence-corrected chi connectivity index (χ4v) is 2.15. The van der Waals surface area contributed by atoms with Gasteiger partial charge in [0.15, 0.2) is 10.6 Å². The molecule has 7 nitrogen and oxygen atoms in total. The van der Waals surface area contributed by atoms with Crippen LogP contribution in [-0.4, -0.2) is 44.7 Å². The van der Waals surface area contributed by atoms with Crippen molar-refractivity contribution < 1.29 is 29.4 Å². The molecule has 0 radical (unpaired) electrons. The first-order valence-corrected chi connectivity index (χ1v) is 8.09. The Bertz CT molecular complexity index is 645. The van der Waals surface area contributed by atoms with E-state index in [1.807, 2.05) is 0 Å². The second-order valence-electron chi connectivity index (χ2n) is 5.37. The molecule has 0 aliphatic carbocycles. The molecule has 0 bridgehead atoms. The highest BCUT2D eigenvalue weighted by Gasteiger charge is 2.23. The lowest BCUT2D eigenvalue weighted by Crippen LogP contribution is -2.41. The Morgan fingerprint density at radius 1 is 1.16 bits per heavy atom. The third-order valence-corrected chi connectivity index (χ3v) is 3.94. The summed E-state index contributed by atoms with van der Waals surface area (Å²) in [5.41, 5.74) is 1.02. The molecule has 136 valence electrons. The first kappa shape index (κ1) is 20.9. The minimum absolute atomic E-state index is 0.210. The molecule has 1 atom stereocenters. The number of amides is 1. The number of aliphatic carboxylic acids is 2. The van der Waals surface area contributed by atoms with Crippen molar-refractivity contribution in [1.29, 1.82) is 0 Å². The maximum absolute atomic E-state index is 12.1. The summed E-state index contributed by atoms with van der Waals surface area (Å²) in [6, 6.07) is 4.97.